The van der Waals surface area contributed by atoms with E-state index in [9.17, 15) is 4.79 Å². The van der Waals surface area contributed by atoms with Crippen molar-refractivity contribution >= 4 is 34.2 Å². The molecule has 0 aliphatic rings. The fourth-order valence-corrected chi connectivity index (χ4v) is 3.80. The average Bonchev–Trinajstić information content (AvgIpc) is 2.96. The standard InChI is InChI=1S/C15H16O2S2/c1-4-17-13(16)9-12(14-10(2)5-7-18-14)15-11(3)6-8-19-15/h5-9H,4H2,1-3H3. The van der Waals surface area contributed by atoms with Gasteiger partial charge in [0.1, 0.15) is 0 Å². The zero-order valence-corrected chi connectivity index (χ0v) is 12.9. The topological polar surface area (TPSA) is 26.3 Å². The summed E-state index contributed by atoms with van der Waals surface area (Å²) < 4.78 is 5.04. The molecular formula is C15H16O2S2. The third-order valence-corrected chi connectivity index (χ3v) is 4.86. The van der Waals surface area contributed by atoms with Crippen LogP contribution in [-0.2, 0) is 9.53 Å². The molecule has 0 saturated carbocycles. The lowest BCUT2D eigenvalue weighted by Gasteiger charge is -2.07. The Labute approximate surface area is 121 Å². The summed E-state index contributed by atoms with van der Waals surface area (Å²) in [4.78, 5) is 14.1. The molecular weight excluding hydrogens is 276 g/mol. The van der Waals surface area contributed by atoms with Gasteiger partial charge in [0.2, 0.25) is 0 Å². The van der Waals surface area contributed by atoms with Gasteiger partial charge in [-0.3, -0.25) is 0 Å². The first-order valence-electron chi connectivity index (χ1n) is 6.11. The van der Waals surface area contributed by atoms with E-state index in [0.717, 1.165) is 15.3 Å². The van der Waals surface area contributed by atoms with Crippen molar-refractivity contribution in [3.05, 3.63) is 49.9 Å². The van der Waals surface area contributed by atoms with Crippen LogP contribution in [0.4, 0.5) is 0 Å². The molecule has 2 nitrogen and oxygen atoms in total. The lowest BCUT2D eigenvalue weighted by molar-refractivity contribution is -0.137. The molecule has 0 aromatic carbocycles. The van der Waals surface area contributed by atoms with Crippen molar-refractivity contribution in [2.75, 3.05) is 6.61 Å². The molecule has 100 valence electrons. The van der Waals surface area contributed by atoms with Crippen molar-refractivity contribution in [3.8, 4) is 0 Å². The second kappa shape index (κ2) is 6.17. The Morgan fingerprint density at radius 3 is 2.05 bits per heavy atom. The predicted molar refractivity (Wildman–Crippen MR) is 81.8 cm³/mol. The van der Waals surface area contributed by atoms with Gasteiger partial charge in [0.25, 0.3) is 0 Å². The van der Waals surface area contributed by atoms with Gasteiger partial charge in [0, 0.05) is 21.4 Å². The smallest absolute Gasteiger partial charge is 0.331 e. The fraction of sp³-hybridized carbons (Fsp3) is 0.267. The molecule has 0 saturated heterocycles. The van der Waals surface area contributed by atoms with Gasteiger partial charge in [-0.2, -0.15) is 0 Å². The Morgan fingerprint density at radius 2 is 1.68 bits per heavy atom. The number of aryl methyl sites for hydroxylation is 2. The fourth-order valence-electron chi connectivity index (χ4n) is 1.83. The molecule has 0 amide bonds. The number of esters is 1. The molecule has 0 fully saturated rings. The number of carbonyl (C=O) groups excluding carboxylic acids is 1. The van der Waals surface area contributed by atoms with Crippen LogP contribution in [0.2, 0.25) is 0 Å². The van der Waals surface area contributed by atoms with Gasteiger partial charge < -0.3 is 4.74 Å². The van der Waals surface area contributed by atoms with Crippen LogP contribution in [0.1, 0.15) is 27.8 Å². The van der Waals surface area contributed by atoms with Crippen molar-refractivity contribution in [1.29, 1.82) is 0 Å². The minimum Gasteiger partial charge on any atom is -0.463 e. The Hall–Kier alpha value is -1.39. The molecule has 4 heteroatoms. The van der Waals surface area contributed by atoms with Crippen LogP contribution < -0.4 is 0 Å². The van der Waals surface area contributed by atoms with E-state index in [-0.39, 0.29) is 5.97 Å². The summed E-state index contributed by atoms with van der Waals surface area (Å²) in [6.07, 6.45) is 1.61. The van der Waals surface area contributed by atoms with Crippen LogP contribution in [0.15, 0.2) is 29.0 Å². The number of hydrogen-bond donors (Lipinski definition) is 0. The van der Waals surface area contributed by atoms with Gasteiger partial charge in [-0.1, -0.05) is 0 Å². The van der Waals surface area contributed by atoms with Crippen LogP contribution in [0.25, 0.3) is 5.57 Å². The maximum absolute atomic E-state index is 11.8. The summed E-state index contributed by atoms with van der Waals surface area (Å²) in [7, 11) is 0. The Morgan fingerprint density at radius 1 is 1.16 bits per heavy atom. The molecule has 2 aromatic heterocycles. The predicted octanol–water partition coefficient (Wildman–Crippen LogP) is 4.42. The normalized spacial score (nSPS) is 10.3. The average molecular weight is 292 g/mol. The first-order chi connectivity index (χ1) is 9.13. The summed E-state index contributed by atoms with van der Waals surface area (Å²) in [5.41, 5.74) is 3.35. The largest absolute Gasteiger partial charge is 0.463 e. The Bertz CT molecular complexity index is 563. The maximum Gasteiger partial charge on any atom is 0.331 e. The number of rotatable bonds is 4. The van der Waals surface area contributed by atoms with E-state index < -0.39 is 0 Å². The maximum atomic E-state index is 11.8. The lowest BCUT2D eigenvalue weighted by Crippen LogP contribution is -2.01. The Kier molecular flexibility index (Phi) is 4.56. The highest BCUT2D eigenvalue weighted by Gasteiger charge is 2.15. The first kappa shape index (κ1) is 14.0. The molecule has 0 atom stereocenters. The quantitative estimate of drug-likeness (QED) is 0.616. The molecule has 0 unspecified atom stereocenters. The zero-order valence-electron chi connectivity index (χ0n) is 11.2. The third-order valence-electron chi connectivity index (χ3n) is 2.76. The molecule has 0 aliphatic heterocycles. The van der Waals surface area contributed by atoms with Gasteiger partial charge >= 0.3 is 5.97 Å². The second-order valence-electron chi connectivity index (χ2n) is 4.18. The van der Waals surface area contributed by atoms with Crippen LogP contribution >= 0.6 is 22.7 Å². The van der Waals surface area contributed by atoms with Gasteiger partial charge in [-0.15, -0.1) is 22.7 Å². The number of thiophene rings is 2. The summed E-state index contributed by atoms with van der Waals surface area (Å²) in [6, 6.07) is 4.14. The zero-order chi connectivity index (χ0) is 13.8. The summed E-state index contributed by atoms with van der Waals surface area (Å²) in [5, 5.41) is 4.10. The van der Waals surface area contributed by atoms with Crippen molar-refractivity contribution in [2.24, 2.45) is 0 Å². The minimum absolute atomic E-state index is 0.280. The van der Waals surface area contributed by atoms with E-state index in [2.05, 4.69) is 26.0 Å². The molecule has 2 aromatic rings. The Balaban J connectivity index is 2.49. The van der Waals surface area contributed by atoms with E-state index in [1.54, 1.807) is 28.7 Å². The SMILES string of the molecule is CCOC(=O)C=C(c1sccc1C)c1sccc1C. The number of hydrogen-bond acceptors (Lipinski definition) is 4. The third kappa shape index (κ3) is 3.14. The van der Waals surface area contributed by atoms with Crippen molar-refractivity contribution in [3.63, 3.8) is 0 Å². The van der Waals surface area contributed by atoms with Crippen molar-refractivity contribution in [2.45, 2.75) is 20.8 Å². The van der Waals surface area contributed by atoms with Gasteiger partial charge in [-0.25, -0.2) is 4.79 Å². The van der Waals surface area contributed by atoms with Crippen LogP contribution in [-0.4, -0.2) is 12.6 Å². The van der Waals surface area contributed by atoms with Crippen LogP contribution in [0, 0.1) is 13.8 Å². The molecule has 0 radical (unpaired) electrons. The molecule has 0 N–H and O–H groups in total. The minimum atomic E-state index is -0.280. The van der Waals surface area contributed by atoms with E-state index in [4.69, 9.17) is 4.74 Å². The molecule has 2 heterocycles. The van der Waals surface area contributed by atoms with Crippen molar-refractivity contribution < 1.29 is 9.53 Å². The van der Waals surface area contributed by atoms with E-state index in [0.29, 0.717) is 6.61 Å². The molecule has 0 bridgehead atoms. The van der Waals surface area contributed by atoms with Gasteiger partial charge in [0.15, 0.2) is 0 Å². The van der Waals surface area contributed by atoms with Crippen LogP contribution in [0.3, 0.4) is 0 Å². The number of carbonyl (C=O) groups is 1. The van der Waals surface area contributed by atoms with Crippen molar-refractivity contribution in [1.82, 2.24) is 0 Å². The molecule has 19 heavy (non-hydrogen) atoms. The van der Waals surface area contributed by atoms with E-state index in [1.165, 1.54) is 11.1 Å². The molecule has 0 aliphatic carbocycles. The highest BCUT2D eigenvalue weighted by Crippen LogP contribution is 2.35. The van der Waals surface area contributed by atoms with E-state index in [1.807, 2.05) is 17.7 Å². The molecule has 0 spiro atoms. The van der Waals surface area contributed by atoms with E-state index >= 15 is 0 Å². The summed E-state index contributed by atoms with van der Waals surface area (Å²) in [5.74, 6) is -0.280. The first-order valence-corrected chi connectivity index (χ1v) is 7.86. The summed E-state index contributed by atoms with van der Waals surface area (Å²) in [6.45, 7) is 6.34. The highest BCUT2D eigenvalue weighted by atomic mass is 32.1. The summed E-state index contributed by atoms with van der Waals surface area (Å²) >= 11 is 3.31. The van der Waals surface area contributed by atoms with Gasteiger partial charge in [0.05, 0.1) is 6.61 Å². The lowest BCUT2D eigenvalue weighted by atomic mass is 10.1. The second-order valence-corrected chi connectivity index (χ2v) is 6.01. The van der Waals surface area contributed by atoms with Crippen LogP contribution in [0.5, 0.6) is 0 Å². The highest BCUT2D eigenvalue weighted by molar-refractivity contribution is 7.14. The molecule has 2 rings (SSSR count). The monoisotopic (exact) mass is 292 g/mol. The number of ether oxygens (including phenoxy) is 1. The van der Waals surface area contributed by atoms with Gasteiger partial charge in [-0.05, 0) is 54.8 Å².